The molecule has 2 aromatic carbocycles. The molecule has 6 nitrogen and oxygen atoms in total. The Morgan fingerprint density at radius 2 is 1.93 bits per heavy atom. The molecule has 1 amide bonds. The summed E-state index contributed by atoms with van der Waals surface area (Å²) in [5.41, 5.74) is 2.01. The summed E-state index contributed by atoms with van der Waals surface area (Å²) in [6.45, 7) is 5.83. The molecule has 1 N–H and O–H groups in total. The smallest absolute Gasteiger partial charge is 0.236 e. The number of ether oxygens (including phenoxy) is 1. The van der Waals surface area contributed by atoms with Crippen LogP contribution < -0.4 is 14.4 Å². The zero-order chi connectivity index (χ0) is 19.8. The minimum absolute atomic E-state index is 0.0824. The van der Waals surface area contributed by atoms with Crippen molar-refractivity contribution in [1.29, 1.82) is 0 Å². The zero-order valence-electron chi connectivity index (χ0n) is 15.9. The second-order valence-corrected chi connectivity index (χ2v) is 9.29. The summed E-state index contributed by atoms with van der Waals surface area (Å²) in [5.74, 6) is 0.350. The average Bonchev–Trinajstić information content (AvgIpc) is 2.65. The molecular formula is C20H24N2O4S. The van der Waals surface area contributed by atoms with E-state index in [9.17, 15) is 13.2 Å². The van der Waals surface area contributed by atoms with Gasteiger partial charge in [-0.3, -0.25) is 9.52 Å². The minimum Gasteiger partial charge on any atom is -0.490 e. The van der Waals surface area contributed by atoms with Gasteiger partial charge in [0.05, 0.1) is 22.5 Å². The van der Waals surface area contributed by atoms with Crippen LogP contribution in [0.5, 0.6) is 5.75 Å². The first kappa shape index (κ1) is 19.2. The summed E-state index contributed by atoms with van der Waals surface area (Å²) in [6, 6.07) is 12.3. The lowest BCUT2D eigenvalue weighted by Crippen LogP contribution is -2.39. The molecule has 0 saturated carbocycles. The van der Waals surface area contributed by atoms with Crippen LogP contribution in [-0.2, 0) is 20.6 Å². The highest BCUT2D eigenvalue weighted by Crippen LogP contribution is 2.37. The van der Waals surface area contributed by atoms with Crippen LogP contribution in [0.4, 0.5) is 11.4 Å². The topological polar surface area (TPSA) is 75.7 Å². The number of aryl methyl sites for hydroxylation is 1. The van der Waals surface area contributed by atoms with E-state index in [2.05, 4.69) is 4.72 Å². The number of benzene rings is 2. The number of hydrogen-bond donors (Lipinski definition) is 1. The van der Waals surface area contributed by atoms with Gasteiger partial charge in [-0.1, -0.05) is 29.8 Å². The molecule has 144 valence electrons. The van der Waals surface area contributed by atoms with E-state index in [1.54, 1.807) is 31.3 Å². The molecule has 1 aliphatic heterocycles. The normalized spacial score (nSPS) is 16.3. The monoisotopic (exact) mass is 388 g/mol. The van der Waals surface area contributed by atoms with E-state index in [-0.39, 0.29) is 18.3 Å². The standard InChI is InChI=1S/C20H24N2O4S/c1-14-6-5-7-15(10-14)12-27(24,25)21-16-8-9-18-17(11-16)22(4)19(23)20(2,3)13-26-18/h5-11,21H,12-13H2,1-4H3. The van der Waals surface area contributed by atoms with Gasteiger partial charge in [0.1, 0.15) is 12.4 Å². The number of nitrogens with one attached hydrogen (secondary N) is 1. The number of anilines is 2. The summed E-state index contributed by atoms with van der Waals surface area (Å²) >= 11 is 0. The van der Waals surface area contributed by atoms with Gasteiger partial charge in [-0.2, -0.15) is 0 Å². The largest absolute Gasteiger partial charge is 0.490 e. The van der Waals surface area contributed by atoms with Crippen molar-refractivity contribution in [3.63, 3.8) is 0 Å². The highest BCUT2D eigenvalue weighted by molar-refractivity contribution is 7.91. The highest BCUT2D eigenvalue weighted by Gasteiger charge is 2.36. The number of carbonyl (C=O) groups excluding carboxylic acids is 1. The fraction of sp³-hybridized carbons (Fsp3) is 0.350. The zero-order valence-corrected chi connectivity index (χ0v) is 16.8. The summed E-state index contributed by atoms with van der Waals surface area (Å²) in [7, 11) is -1.92. The van der Waals surface area contributed by atoms with Crippen LogP contribution in [-0.4, -0.2) is 28.0 Å². The maximum atomic E-state index is 12.6. The van der Waals surface area contributed by atoms with Crippen LogP contribution in [0.1, 0.15) is 25.0 Å². The Hall–Kier alpha value is -2.54. The molecule has 7 heteroatoms. The van der Waals surface area contributed by atoms with Crippen molar-refractivity contribution in [3.05, 3.63) is 53.6 Å². The Balaban J connectivity index is 1.85. The number of hydrogen-bond acceptors (Lipinski definition) is 4. The minimum atomic E-state index is -3.59. The molecule has 3 rings (SSSR count). The lowest BCUT2D eigenvalue weighted by Gasteiger charge is -2.24. The Labute approximate surface area is 160 Å². The molecule has 1 aliphatic rings. The number of rotatable bonds is 4. The first-order valence-electron chi connectivity index (χ1n) is 8.68. The molecule has 0 radical (unpaired) electrons. The van der Waals surface area contributed by atoms with Gasteiger partial charge < -0.3 is 9.64 Å². The van der Waals surface area contributed by atoms with Crippen molar-refractivity contribution in [2.75, 3.05) is 23.3 Å². The third-order valence-electron chi connectivity index (χ3n) is 4.50. The summed E-state index contributed by atoms with van der Waals surface area (Å²) in [6.07, 6.45) is 0. The van der Waals surface area contributed by atoms with Crippen molar-refractivity contribution in [3.8, 4) is 5.75 Å². The second kappa shape index (κ2) is 6.88. The van der Waals surface area contributed by atoms with E-state index in [0.717, 1.165) is 11.1 Å². The Morgan fingerprint density at radius 1 is 1.19 bits per heavy atom. The van der Waals surface area contributed by atoms with E-state index < -0.39 is 15.4 Å². The fourth-order valence-electron chi connectivity index (χ4n) is 3.09. The molecule has 0 aliphatic carbocycles. The van der Waals surface area contributed by atoms with Crippen LogP contribution >= 0.6 is 0 Å². The van der Waals surface area contributed by atoms with Crippen molar-refractivity contribution in [1.82, 2.24) is 0 Å². The lowest BCUT2D eigenvalue weighted by atomic mass is 9.93. The third-order valence-corrected chi connectivity index (χ3v) is 5.77. The van der Waals surface area contributed by atoms with Gasteiger partial charge in [-0.15, -0.1) is 0 Å². The van der Waals surface area contributed by atoms with E-state index >= 15 is 0 Å². The van der Waals surface area contributed by atoms with Crippen molar-refractivity contribution in [2.24, 2.45) is 5.41 Å². The van der Waals surface area contributed by atoms with Crippen LogP contribution in [0, 0.1) is 12.3 Å². The third kappa shape index (κ3) is 4.24. The highest BCUT2D eigenvalue weighted by atomic mass is 32.2. The average molecular weight is 388 g/mol. The predicted molar refractivity (Wildman–Crippen MR) is 107 cm³/mol. The molecule has 0 fully saturated rings. The molecule has 0 spiro atoms. The van der Waals surface area contributed by atoms with Gasteiger partial charge in [-0.25, -0.2) is 8.42 Å². The Kier molecular flexibility index (Phi) is 4.90. The SMILES string of the molecule is Cc1cccc(CS(=O)(=O)Nc2ccc3c(c2)N(C)C(=O)C(C)(C)CO3)c1. The summed E-state index contributed by atoms with van der Waals surface area (Å²) in [5, 5.41) is 0. The first-order valence-corrected chi connectivity index (χ1v) is 10.3. The quantitative estimate of drug-likeness (QED) is 0.872. The van der Waals surface area contributed by atoms with Crippen LogP contribution in [0.25, 0.3) is 0 Å². The fourth-order valence-corrected chi connectivity index (χ4v) is 4.26. The molecule has 0 aromatic heterocycles. The van der Waals surface area contributed by atoms with Gasteiger partial charge >= 0.3 is 0 Å². The van der Waals surface area contributed by atoms with Gasteiger partial charge in [-0.05, 0) is 44.5 Å². The van der Waals surface area contributed by atoms with E-state index in [1.807, 2.05) is 39.0 Å². The van der Waals surface area contributed by atoms with E-state index in [4.69, 9.17) is 4.74 Å². The molecule has 0 unspecified atom stereocenters. The van der Waals surface area contributed by atoms with Crippen molar-refractivity contribution in [2.45, 2.75) is 26.5 Å². The molecular weight excluding hydrogens is 364 g/mol. The molecule has 27 heavy (non-hydrogen) atoms. The van der Waals surface area contributed by atoms with Gasteiger partial charge in [0.2, 0.25) is 15.9 Å². The number of carbonyl (C=O) groups is 1. The van der Waals surface area contributed by atoms with Crippen molar-refractivity contribution >= 4 is 27.3 Å². The predicted octanol–water partition coefficient (Wildman–Crippen LogP) is 3.32. The number of fused-ring (bicyclic) bond motifs is 1. The molecule has 0 saturated heterocycles. The maximum Gasteiger partial charge on any atom is 0.236 e. The number of sulfonamides is 1. The van der Waals surface area contributed by atoms with E-state index in [0.29, 0.717) is 17.1 Å². The maximum absolute atomic E-state index is 12.6. The van der Waals surface area contributed by atoms with Crippen LogP contribution in [0.15, 0.2) is 42.5 Å². The first-order chi connectivity index (χ1) is 12.6. The Morgan fingerprint density at radius 3 is 2.63 bits per heavy atom. The van der Waals surface area contributed by atoms with E-state index in [1.165, 1.54) is 4.90 Å². The number of amides is 1. The van der Waals surface area contributed by atoms with Crippen LogP contribution in [0.3, 0.4) is 0 Å². The van der Waals surface area contributed by atoms with Gasteiger partial charge in [0, 0.05) is 7.05 Å². The van der Waals surface area contributed by atoms with Gasteiger partial charge in [0.15, 0.2) is 0 Å². The van der Waals surface area contributed by atoms with Crippen molar-refractivity contribution < 1.29 is 17.9 Å². The molecule has 0 bridgehead atoms. The van der Waals surface area contributed by atoms with Crippen LogP contribution in [0.2, 0.25) is 0 Å². The number of nitrogens with zero attached hydrogens (tertiary/aromatic N) is 1. The molecule has 1 heterocycles. The van der Waals surface area contributed by atoms with Gasteiger partial charge in [0.25, 0.3) is 0 Å². The lowest BCUT2D eigenvalue weighted by molar-refractivity contribution is -0.127. The second-order valence-electron chi connectivity index (χ2n) is 7.57. The molecule has 2 aromatic rings. The summed E-state index contributed by atoms with van der Waals surface area (Å²) < 4.78 is 33.4. The summed E-state index contributed by atoms with van der Waals surface area (Å²) in [4.78, 5) is 14.1. The Bertz CT molecular complexity index is 983. The molecule has 0 atom stereocenters.